The van der Waals surface area contributed by atoms with Gasteiger partial charge in [0.2, 0.25) is 0 Å². The first-order valence-electron chi connectivity index (χ1n) is 7.54. The Kier molecular flexibility index (Phi) is 3.89. The molecular formula is C20H13Cl2OP. The summed E-state index contributed by atoms with van der Waals surface area (Å²) in [4.78, 5) is 0. The Labute approximate surface area is 150 Å². The third-order valence-electron chi connectivity index (χ3n) is 4.24. The maximum absolute atomic E-state index is 14.3. The minimum absolute atomic E-state index is 0.556. The van der Waals surface area contributed by atoms with Gasteiger partial charge in [-0.15, -0.1) is 0 Å². The summed E-state index contributed by atoms with van der Waals surface area (Å²) in [6.07, 6.45) is 0. The molecule has 4 rings (SSSR count). The molecule has 0 spiro atoms. The third kappa shape index (κ3) is 2.28. The van der Waals surface area contributed by atoms with Crippen molar-refractivity contribution in [2.75, 3.05) is 0 Å². The first-order chi connectivity index (χ1) is 11.6. The molecule has 0 N–H and O–H groups in total. The van der Waals surface area contributed by atoms with Gasteiger partial charge < -0.3 is 4.57 Å². The van der Waals surface area contributed by atoms with Crippen molar-refractivity contribution in [2.24, 2.45) is 0 Å². The largest absolute Gasteiger partial charge is 0.309 e. The lowest BCUT2D eigenvalue weighted by Crippen LogP contribution is -2.15. The second-order valence-corrected chi connectivity index (χ2v) is 9.11. The zero-order valence-electron chi connectivity index (χ0n) is 12.6. The lowest BCUT2D eigenvalue weighted by Gasteiger charge is -2.19. The lowest BCUT2D eigenvalue weighted by atomic mass is 10.1. The number of hydrogen-bond acceptors (Lipinski definition) is 1. The summed E-state index contributed by atoms with van der Waals surface area (Å²) in [6.45, 7) is 0. The summed E-state index contributed by atoms with van der Waals surface area (Å²) in [5.41, 5.74) is 1.68. The van der Waals surface area contributed by atoms with E-state index >= 15 is 0 Å². The zero-order valence-corrected chi connectivity index (χ0v) is 15.0. The molecule has 4 heteroatoms. The molecule has 1 aliphatic heterocycles. The highest BCUT2D eigenvalue weighted by molar-refractivity contribution is 7.88. The van der Waals surface area contributed by atoms with Crippen LogP contribution < -0.4 is 10.6 Å². The summed E-state index contributed by atoms with van der Waals surface area (Å²) in [5, 5.41) is 3.47. The van der Waals surface area contributed by atoms with Crippen LogP contribution in [0.3, 0.4) is 0 Å². The molecule has 1 unspecified atom stereocenters. The van der Waals surface area contributed by atoms with Crippen LogP contribution in [0.4, 0.5) is 0 Å². The average Bonchev–Trinajstić information content (AvgIpc) is 2.86. The van der Waals surface area contributed by atoms with E-state index in [-0.39, 0.29) is 0 Å². The molecule has 118 valence electrons. The summed E-state index contributed by atoms with van der Waals surface area (Å²) in [7, 11) is -3.01. The first-order valence-corrected chi connectivity index (χ1v) is 10.0. The van der Waals surface area contributed by atoms with Crippen molar-refractivity contribution in [3.63, 3.8) is 0 Å². The molecule has 0 bridgehead atoms. The highest BCUT2D eigenvalue weighted by Crippen LogP contribution is 2.64. The number of rotatable bonds is 2. The third-order valence-corrected chi connectivity index (χ3v) is 8.22. The van der Waals surface area contributed by atoms with Gasteiger partial charge in [0.1, 0.15) is 0 Å². The van der Waals surface area contributed by atoms with E-state index in [2.05, 4.69) is 0 Å². The van der Waals surface area contributed by atoms with Gasteiger partial charge in [-0.3, -0.25) is 0 Å². The molecule has 3 aromatic rings. The molecule has 1 atom stereocenters. The van der Waals surface area contributed by atoms with Crippen LogP contribution in [-0.4, -0.2) is 0 Å². The standard InChI is InChI=1S/C20H13Cl2OP/c21-15-12-10-14(11-13-15)20-19(22)17-8-4-5-9-18(17)24(20,23)16-6-2-1-3-7-16/h1-13H. The highest BCUT2D eigenvalue weighted by Gasteiger charge is 2.42. The van der Waals surface area contributed by atoms with E-state index in [4.69, 9.17) is 23.2 Å². The fourth-order valence-electron chi connectivity index (χ4n) is 3.14. The van der Waals surface area contributed by atoms with E-state index in [0.29, 0.717) is 15.4 Å². The summed E-state index contributed by atoms with van der Waals surface area (Å²) in [6, 6.07) is 24.6. The van der Waals surface area contributed by atoms with E-state index in [0.717, 1.165) is 21.7 Å². The van der Waals surface area contributed by atoms with Crippen molar-refractivity contribution in [2.45, 2.75) is 0 Å². The molecule has 1 nitrogen and oxygen atoms in total. The van der Waals surface area contributed by atoms with Gasteiger partial charge in [-0.2, -0.15) is 0 Å². The van der Waals surface area contributed by atoms with Gasteiger partial charge in [-0.05, 0) is 17.7 Å². The Morgan fingerprint density at radius 3 is 2.04 bits per heavy atom. The van der Waals surface area contributed by atoms with E-state index in [1.54, 1.807) is 12.1 Å². The molecule has 1 heterocycles. The highest BCUT2D eigenvalue weighted by atomic mass is 35.5. The summed E-state index contributed by atoms with van der Waals surface area (Å²) >= 11 is 12.7. The SMILES string of the molecule is O=P1(c2ccccc2)C(c2ccc(Cl)cc2)=C(Cl)c2ccccc21. The van der Waals surface area contributed by atoms with Crippen LogP contribution in [0.1, 0.15) is 11.1 Å². The fourth-order valence-corrected chi connectivity index (χ4v) is 7.07. The molecule has 3 aromatic carbocycles. The van der Waals surface area contributed by atoms with Crippen LogP contribution >= 0.6 is 30.3 Å². The van der Waals surface area contributed by atoms with Gasteiger partial charge in [0.25, 0.3) is 0 Å². The molecular weight excluding hydrogens is 358 g/mol. The van der Waals surface area contributed by atoms with Crippen LogP contribution in [0.5, 0.6) is 0 Å². The van der Waals surface area contributed by atoms with Crippen LogP contribution in [0.25, 0.3) is 10.3 Å². The van der Waals surface area contributed by atoms with E-state index in [1.165, 1.54) is 0 Å². The predicted molar refractivity (Wildman–Crippen MR) is 104 cm³/mol. The monoisotopic (exact) mass is 370 g/mol. The molecule has 0 amide bonds. The van der Waals surface area contributed by atoms with Gasteiger partial charge in [-0.25, -0.2) is 0 Å². The van der Waals surface area contributed by atoms with E-state index in [1.807, 2.05) is 66.7 Å². The molecule has 0 fully saturated rings. The summed E-state index contributed by atoms with van der Waals surface area (Å²) < 4.78 is 14.3. The van der Waals surface area contributed by atoms with Gasteiger partial charge in [0.15, 0.2) is 7.14 Å². The normalized spacial score (nSPS) is 19.4. The van der Waals surface area contributed by atoms with Gasteiger partial charge >= 0.3 is 0 Å². The van der Waals surface area contributed by atoms with E-state index in [9.17, 15) is 4.57 Å². The predicted octanol–water partition coefficient (Wildman–Crippen LogP) is 5.73. The number of halogens is 2. The molecule has 0 radical (unpaired) electrons. The minimum Gasteiger partial charge on any atom is -0.309 e. The van der Waals surface area contributed by atoms with Gasteiger partial charge in [0.05, 0.1) is 5.03 Å². The Hall–Kier alpha value is -1.79. The van der Waals surface area contributed by atoms with E-state index < -0.39 is 7.14 Å². The van der Waals surface area contributed by atoms with Crippen molar-refractivity contribution in [1.82, 2.24) is 0 Å². The topological polar surface area (TPSA) is 17.1 Å². The van der Waals surface area contributed by atoms with Gasteiger partial charge in [-0.1, -0.05) is 89.9 Å². The molecule has 0 aliphatic carbocycles. The van der Waals surface area contributed by atoms with Crippen LogP contribution in [0.15, 0.2) is 78.9 Å². The van der Waals surface area contributed by atoms with Crippen molar-refractivity contribution in [3.05, 3.63) is 95.0 Å². The van der Waals surface area contributed by atoms with Crippen molar-refractivity contribution >= 4 is 51.3 Å². The molecule has 0 aromatic heterocycles. The quantitative estimate of drug-likeness (QED) is 0.526. The van der Waals surface area contributed by atoms with Crippen molar-refractivity contribution in [3.8, 4) is 0 Å². The summed E-state index contributed by atoms with van der Waals surface area (Å²) in [5.74, 6) is 0. The van der Waals surface area contributed by atoms with Crippen LogP contribution in [0, 0.1) is 0 Å². The maximum Gasteiger partial charge on any atom is 0.173 e. The van der Waals surface area contributed by atoms with Crippen LogP contribution in [0.2, 0.25) is 5.02 Å². The maximum atomic E-state index is 14.3. The Balaban J connectivity index is 2.05. The number of fused-ring (bicyclic) bond motifs is 1. The first kappa shape index (κ1) is 15.7. The molecule has 24 heavy (non-hydrogen) atoms. The number of hydrogen-bond donors (Lipinski definition) is 0. The molecule has 1 aliphatic rings. The lowest BCUT2D eigenvalue weighted by molar-refractivity contribution is 0.593. The second-order valence-electron chi connectivity index (χ2n) is 5.63. The molecule has 0 saturated carbocycles. The minimum atomic E-state index is -3.01. The second kappa shape index (κ2) is 5.93. The van der Waals surface area contributed by atoms with Gasteiger partial charge in [0, 0.05) is 26.5 Å². The zero-order chi connectivity index (χ0) is 16.7. The average molecular weight is 371 g/mol. The Morgan fingerprint density at radius 2 is 1.33 bits per heavy atom. The van der Waals surface area contributed by atoms with Crippen LogP contribution in [-0.2, 0) is 4.57 Å². The fraction of sp³-hybridized carbons (Fsp3) is 0. The smallest absolute Gasteiger partial charge is 0.173 e. The molecule has 0 saturated heterocycles. The number of benzene rings is 3. The van der Waals surface area contributed by atoms with Crippen molar-refractivity contribution < 1.29 is 4.57 Å². The Morgan fingerprint density at radius 1 is 0.708 bits per heavy atom. The Bertz CT molecular complexity index is 992. The van der Waals surface area contributed by atoms with Crippen molar-refractivity contribution in [1.29, 1.82) is 0 Å².